The van der Waals surface area contributed by atoms with Crippen LogP contribution in [-0.2, 0) is 10.8 Å². The minimum atomic E-state index is 0.0128. The largest absolute Gasteiger partial charge is 0.456 e. The molecule has 0 aliphatic heterocycles. The lowest BCUT2D eigenvalue weighted by atomic mass is 9.77. The Bertz CT molecular complexity index is 3390. The Morgan fingerprint density at radius 3 is 1.08 bits per heavy atom. The smallest absolute Gasteiger partial charge is 0.136 e. The van der Waals surface area contributed by atoms with Gasteiger partial charge in [0.05, 0.1) is 0 Å². The molecule has 0 N–H and O–H groups in total. The van der Waals surface area contributed by atoms with Crippen molar-refractivity contribution in [2.75, 3.05) is 0 Å². The average Bonchev–Trinajstić information content (AvgIpc) is 3.64. The van der Waals surface area contributed by atoms with Gasteiger partial charge in [-0.2, -0.15) is 0 Å². The highest BCUT2D eigenvalue weighted by Crippen LogP contribution is 2.48. The van der Waals surface area contributed by atoms with Crippen LogP contribution in [-0.4, -0.2) is 0 Å². The highest BCUT2D eigenvalue weighted by Gasteiger charge is 2.24. The number of fused-ring (bicyclic) bond motifs is 7. The molecule has 11 aromatic rings. The Balaban J connectivity index is 1.11. The molecule has 0 atom stereocenters. The molecule has 1 aromatic heterocycles. The minimum absolute atomic E-state index is 0.0128. The van der Waals surface area contributed by atoms with Gasteiger partial charge in [-0.3, -0.25) is 0 Å². The Labute approximate surface area is 357 Å². The average molecular weight is 785 g/mol. The molecule has 0 fully saturated rings. The van der Waals surface area contributed by atoms with Crippen LogP contribution in [0.2, 0.25) is 0 Å². The maximum atomic E-state index is 6.76. The number of hydrogen-bond donors (Lipinski definition) is 0. The van der Waals surface area contributed by atoms with Gasteiger partial charge in [0.1, 0.15) is 11.2 Å². The molecule has 0 aliphatic carbocycles. The van der Waals surface area contributed by atoms with Crippen molar-refractivity contribution in [2.24, 2.45) is 0 Å². The molecule has 0 saturated heterocycles. The van der Waals surface area contributed by atoms with Crippen molar-refractivity contribution in [3.63, 3.8) is 0 Å². The number of furan rings is 1. The summed E-state index contributed by atoms with van der Waals surface area (Å²) in [5.41, 5.74) is 14.4. The molecule has 0 bridgehead atoms. The second kappa shape index (κ2) is 13.8. The molecule has 1 heterocycles. The molecule has 0 radical (unpaired) electrons. The Morgan fingerprint density at radius 2 is 0.639 bits per heavy atom. The SMILES string of the molecule is CC(C)(C)c1cc(-c2c3ccccc3c(-c3ccc4c(c3)oc3ccc(-c5c6ccccc6c(-c6ccccc6)c6ccccc56)cc34)c3ccccc23)cc(C(C)(C)C)c1. The zero-order valence-electron chi connectivity index (χ0n) is 35.7. The van der Waals surface area contributed by atoms with E-state index in [2.05, 4.69) is 224 Å². The van der Waals surface area contributed by atoms with Crippen LogP contribution in [0, 0.1) is 0 Å². The van der Waals surface area contributed by atoms with Crippen LogP contribution < -0.4 is 0 Å². The normalized spacial score (nSPS) is 12.4. The fourth-order valence-corrected chi connectivity index (χ4v) is 9.83. The summed E-state index contributed by atoms with van der Waals surface area (Å²) >= 11 is 0. The number of hydrogen-bond acceptors (Lipinski definition) is 1. The van der Waals surface area contributed by atoms with E-state index in [1.807, 2.05) is 0 Å². The van der Waals surface area contributed by atoms with Crippen molar-refractivity contribution in [2.45, 2.75) is 52.4 Å². The van der Waals surface area contributed by atoms with Crippen molar-refractivity contribution in [3.05, 3.63) is 193 Å². The van der Waals surface area contributed by atoms with E-state index in [0.29, 0.717) is 0 Å². The summed E-state index contributed by atoms with van der Waals surface area (Å²) in [6.07, 6.45) is 0. The number of rotatable bonds is 4. The first-order valence-corrected chi connectivity index (χ1v) is 21.6. The van der Waals surface area contributed by atoms with Crippen LogP contribution in [0.3, 0.4) is 0 Å². The van der Waals surface area contributed by atoms with Gasteiger partial charge in [-0.1, -0.05) is 199 Å². The van der Waals surface area contributed by atoms with E-state index in [9.17, 15) is 0 Å². The van der Waals surface area contributed by atoms with Crippen molar-refractivity contribution in [1.29, 1.82) is 0 Å². The van der Waals surface area contributed by atoms with Gasteiger partial charge in [-0.05, 0) is 134 Å². The predicted molar refractivity (Wildman–Crippen MR) is 263 cm³/mol. The molecule has 0 aliphatic rings. The van der Waals surface area contributed by atoms with E-state index in [4.69, 9.17) is 4.42 Å². The summed E-state index contributed by atoms with van der Waals surface area (Å²) in [6, 6.07) is 67.3. The first-order valence-electron chi connectivity index (χ1n) is 21.6. The highest BCUT2D eigenvalue weighted by molar-refractivity contribution is 6.24. The highest BCUT2D eigenvalue weighted by atomic mass is 16.3. The van der Waals surface area contributed by atoms with Gasteiger partial charge >= 0.3 is 0 Å². The van der Waals surface area contributed by atoms with Crippen molar-refractivity contribution < 1.29 is 4.42 Å². The first kappa shape index (κ1) is 37.1. The zero-order chi connectivity index (χ0) is 41.6. The molecule has 294 valence electrons. The molecule has 1 nitrogen and oxygen atoms in total. The van der Waals surface area contributed by atoms with Crippen molar-refractivity contribution in [1.82, 2.24) is 0 Å². The molecule has 0 unspecified atom stereocenters. The molecular weight excluding hydrogens is 737 g/mol. The lowest BCUT2D eigenvalue weighted by Crippen LogP contribution is -2.16. The van der Waals surface area contributed by atoms with Gasteiger partial charge in [-0.25, -0.2) is 0 Å². The van der Waals surface area contributed by atoms with E-state index in [0.717, 1.165) is 27.5 Å². The van der Waals surface area contributed by atoms with E-state index >= 15 is 0 Å². The van der Waals surface area contributed by atoms with E-state index in [1.165, 1.54) is 93.2 Å². The third kappa shape index (κ3) is 6.06. The van der Waals surface area contributed by atoms with Gasteiger partial charge in [0.25, 0.3) is 0 Å². The lowest BCUT2D eigenvalue weighted by molar-refractivity contribution is 0.569. The molecule has 11 rings (SSSR count). The molecule has 10 aromatic carbocycles. The van der Waals surface area contributed by atoms with Gasteiger partial charge < -0.3 is 4.42 Å². The van der Waals surface area contributed by atoms with E-state index < -0.39 is 0 Å². The topological polar surface area (TPSA) is 13.1 Å². The predicted octanol–water partition coefficient (Wildman–Crippen LogP) is 17.5. The summed E-state index contributed by atoms with van der Waals surface area (Å²) in [5.74, 6) is 0. The lowest BCUT2D eigenvalue weighted by Gasteiger charge is -2.27. The summed E-state index contributed by atoms with van der Waals surface area (Å²) in [6.45, 7) is 13.9. The molecule has 0 spiro atoms. The fourth-order valence-electron chi connectivity index (χ4n) is 9.83. The quantitative estimate of drug-likeness (QED) is 0.162. The van der Waals surface area contributed by atoms with E-state index in [-0.39, 0.29) is 10.8 Å². The van der Waals surface area contributed by atoms with Crippen LogP contribution in [0.5, 0.6) is 0 Å². The summed E-state index contributed by atoms with van der Waals surface area (Å²) in [4.78, 5) is 0. The maximum absolute atomic E-state index is 6.76. The van der Waals surface area contributed by atoms with Crippen LogP contribution in [0.1, 0.15) is 52.7 Å². The first-order chi connectivity index (χ1) is 29.5. The second-order valence-electron chi connectivity index (χ2n) is 18.9. The Kier molecular flexibility index (Phi) is 8.38. The third-order valence-electron chi connectivity index (χ3n) is 12.9. The van der Waals surface area contributed by atoms with Crippen molar-refractivity contribution in [3.8, 4) is 44.5 Å². The fraction of sp³-hybridized carbons (Fsp3) is 0.133. The van der Waals surface area contributed by atoms with E-state index in [1.54, 1.807) is 0 Å². The Morgan fingerprint density at radius 1 is 0.262 bits per heavy atom. The molecule has 61 heavy (non-hydrogen) atoms. The second-order valence-corrected chi connectivity index (χ2v) is 18.9. The minimum Gasteiger partial charge on any atom is -0.456 e. The summed E-state index contributed by atoms with van der Waals surface area (Å²) in [5, 5.41) is 12.2. The number of benzene rings is 10. The summed E-state index contributed by atoms with van der Waals surface area (Å²) in [7, 11) is 0. The van der Waals surface area contributed by atoms with Gasteiger partial charge in [-0.15, -0.1) is 0 Å². The maximum Gasteiger partial charge on any atom is 0.136 e. The zero-order valence-corrected chi connectivity index (χ0v) is 35.7. The molecular formula is C60H48O. The molecule has 0 amide bonds. The van der Waals surface area contributed by atoms with Gasteiger partial charge in [0, 0.05) is 10.8 Å². The molecule has 1 heteroatoms. The van der Waals surface area contributed by atoms with Crippen LogP contribution >= 0.6 is 0 Å². The monoisotopic (exact) mass is 784 g/mol. The third-order valence-corrected chi connectivity index (χ3v) is 12.9. The van der Waals surface area contributed by atoms with Gasteiger partial charge in [0.2, 0.25) is 0 Å². The Hall–Kier alpha value is -6.96. The van der Waals surface area contributed by atoms with Crippen LogP contribution in [0.15, 0.2) is 186 Å². The standard InChI is InChI=1S/C60H48O/c1-59(2,3)41-32-40(33-42(36-41)60(4,5)6)58-50-26-16-14-24-48(50)57(49-25-15-17-27-51(49)58)39-28-30-43-52-34-38(29-31-53(52)61-54(43)35-39)56-46-22-12-10-20-44(46)55(37-18-8-7-9-19-37)45-21-11-13-23-47(45)56/h7-36H,1-6H3. The van der Waals surface area contributed by atoms with Gasteiger partial charge in [0.15, 0.2) is 0 Å². The summed E-state index contributed by atoms with van der Waals surface area (Å²) < 4.78 is 6.76. The molecule has 0 saturated carbocycles. The van der Waals surface area contributed by atoms with Crippen LogP contribution in [0.4, 0.5) is 0 Å². The van der Waals surface area contributed by atoms with Crippen molar-refractivity contribution >= 4 is 65.0 Å². The van der Waals surface area contributed by atoms with Crippen LogP contribution in [0.25, 0.3) is 110 Å².